The average Bonchev–Trinajstić information content (AvgIpc) is 2.22. The van der Waals surface area contributed by atoms with Gasteiger partial charge in [-0.1, -0.05) is 0 Å². The Morgan fingerprint density at radius 1 is 1.44 bits per heavy atom. The van der Waals surface area contributed by atoms with E-state index in [1.165, 1.54) is 0 Å². The molecule has 16 heavy (non-hydrogen) atoms. The average molecular weight is 289 g/mol. The lowest BCUT2D eigenvalue weighted by atomic mass is 10.1. The van der Waals surface area contributed by atoms with Gasteiger partial charge in [0.2, 0.25) is 0 Å². The standard InChI is InChI=1S/C12H17BrO3/c1-3-16-11-7-9(5-4-8(2)14)6-10(13)12(11)15/h6-8,14-15H,3-5H2,1-2H3. The van der Waals surface area contributed by atoms with Crippen molar-refractivity contribution in [3.63, 3.8) is 0 Å². The molecule has 2 N–H and O–H groups in total. The molecule has 1 rings (SSSR count). The summed E-state index contributed by atoms with van der Waals surface area (Å²) in [6.07, 6.45) is 1.14. The van der Waals surface area contributed by atoms with E-state index >= 15 is 0 Å². The van der Waals surface area contributed by atoms with E-state index < -0.39 is 0 Å². The first-order valence-electron chi connectivity index (χ1n) is 5.36. The number of aryl methyl sites for hydroxylation is 1. The zero-order valence-corrected chi connectivity index (χ0v) is 11.1. The van der Waals surface area contributed by atoms with E-state index in [1.807, 2.05) is 19.1 Å². The SMILES string of the molecule is CCOc1cc(CCC(C)O)cc(Br)c1O. The summed E-state index contributed by atoms with van der Waals surface area (Å²) < 4.78 is 5.95. The van der Waals surface area contributed by atoms with Crippen LogP contribution >= 0.6 is 15.9 Å². The number of hydrogen-bond donors (Lipinski definition) is 2. The molecule has 0 bridgehead atoms. The van der Waals surface area contributed by atoms with Crippen molar-refractivity contribution in [1.29, 1.82) is 0 Å². The van der Waals surface area contributed by atoms with Gasteiger partial charge >= 0.3 is 0 Å². The predicted octanol–water partition coefficient (Wildman–Crippen LogP) is 2.87. The molecule has 1 atom stereocenters. The second-order valence-electron chi connectivity index (χ2n) is 3.75. The summed E-state index contributed by atoms with van der Waals surface area (Å²) in [5.41, 5.74) is 1.04. The molecular weight excluding hydrogens is 272 g/mol. The van der Waals surface area contributed by atoms with Crippen LogP contribution < -0.4 is 4.74 Å². The van der Waals surface area contributed by atoms with Gasteiger partial charge in [-0.15, -0.1) is 0 Å². The van der Waals surface area contributed by atoms with Crippen LogP contribution in [0.1, 0.15) is 25.8 Å². The predicted molar refractivity (Wildman–Crippen MR) is 67.0 cm³/mol. The molecule has 0 radical (unpaired) electrons. The Labute approximate surface area is 104 Å². The molecule has 0 aliphatic rings. The van der Waals surface area contributed by atoms with Crippen molar-refractivity contribution in [1.82, 2.24) is 0 Å². The fourth-order valence-electron chi connectivity index (χ4n) is 1.41. The fourth-order valence-corrected chi connectivity index (χ4v) is 1.90. The van der Waals surface area contributed by atoms with Crippen molar-refractivity contribution < 1.29 is 14.9 Å². The minimum atomic E-state index is -0.317. The Hall–Kier alpha value is -0.740. The number of benzene rings is 1. The lowest BCUT2D eigenvalue weighted by Crippen LogP contribution is -2.02. The molecule has 0 aliphatic heterocycles. The molecule has 3 nitrogen and oxygen atoms in total. The molecule has 0 amide bonds. The van der Waals surface area contributed by atoms with Gasteiger partial charge in [-0.25, -0.2) is 0 Å². The summed E-state index contributed by atoms with van der Waals surface area (Å²) in [6, 6.07) is 3.66. The Bertz CT molecular complexity index is 350. The normalized spacial score (nSPS) is 12.5. The van der Waals surface area contributed by atoms with Gasteiger partial charge in [-0.3, -0.25) is 0 Å². The summed E-state index contributed by atoms with van der Waals surface area (Å²) in [7, 11) is 0. The molecule has 1 aromatic carbocycles. The molecule has 0 saturated heterocycles. The van der Waals surface area contributed by atoms with E-state index in [9.17, 15) is 10.2 Å². The third-order valence-corrected chi connectivity index (χ3v) is 2.84. The summed E-state index contributed by atoms with van der Waals surface area (Å²) in [6.45, 7) is 4.15. The first kappa shape index (κ1) is 13.3. The number of ether oxygens (including phenoxy) is 1. The Kier molecular flexibility index (Phi) is 5.09. The highest BCUT2D eigenvalue weighted by atomic mass is 79.9. The zero-order chi connectivity index (χ0) is 12.1. The van der Waals surface area contributed by atoms with Crippen LogP contribution in [0.5, 0.6) is 11.5 Å². The van der Waals surface area contributed by atoms with Crippen LogP contribution in [-0.4, -0.2) is 22.9 Å². The van der Waals surface area contributed by atoms with Crippen molar-refractivity contribution >= 4 is 15.9 Å². The second kappa shape index (κ2) is 6.11. The van der Waals surface area contributed by atoms with Gasteiger partial charge in [0, 0.05) is 0 Å². The Balaban J connectivity index is 2.86. The van der Waals surface area contributed by atoms with Crippen LogP contribution in [0.15, 0.2) is 16.6 Å². The van der Waals surface area contributed by atoms with Gasteiger partial charge in [0.05, 0.1) is 17.2 Å². The number of phenols is 1. The van der Waals surface area contributed by atoms with Gasteiger partial charge in [0.25, 0.3) is 0 Å². The van der Waals surface area contributed by atoms with E-state index in [-0.39, 0.29) is 11.9 Å². The maximum Gasteiger partial charge on any atom is 0.172 e. The highest BCUT2D eigenvalue weighted by molar-refractivity contribution is 9.10. The molecule has 4 heteroatoms. The van der Waals surface area contributed by atoms with Crippen LogP contribution in [0, 0.1) is 0 Å². The van der Waals surface area contributed by atoms with Crippen LogP contribution in [-0.2, 0) is 6.42 Å². The van der Waals surface area contributed by atoms with E-state index in [1.54, 1.807) is 6.92 Å². The molecule has 0 aliphatic carbocycles. The summed E-state index contributed by atoms with van der Waals surface area (Å²) in [5.74, 6) is 0.611. The third kappa shape index (κ3) is 3.68. The highest BCUT2D eigenvalue weighted by Gasteiger charge is 2.09. The van der Waals surface area contributed by atoms with E-state index in [2.05, 4.69) is 15.9 Å². The highest BCUT2D eigenvalue weighted by Crippen LogP contribution is 2.35. The van der Waals surface area contributed by atoms with Crippen molar-refractivity contribution in [2.75, 3.05) is 6.61 Å². The minimum Gasteiger partial charge on any atom is -0.503 e. The molecular formula is C12H17BrO3. The van der Waals surface area contributed by atoms with Crippen molar-refractivity contribution in [3.8, 4) is 11.5 Å². The largest absolute Gasteiger partial charge is 0.503 e. The van der Waals surface area contributed by atoms with Gasteiger partial charge < -0.3 is 14.9 Å². The van der Waals surface area contributed by atoms with Crippen molar-refractivity contribution in [2.24, 2.45) is 0 Å². The van der Waals surface area contributed by atoms with Crippen LogP contribution in [0.4, 0.5) is 0 Å². The van der Waals surface area contributed by atoms with Gasteiger partial charge in [0.15, 0.2) is 11.5 Å². The molecule has 0 saturated carbocycles. The van der Waals surface area contributed by atoms with Crippen LogP contribution in [0.2, 0.25) is 0 Å². The number of aliphatic hydroxyl groups excluding tert-OH is 1. The van der Waals surface area contributed by atoms with Gasteiger partial charge in [0.1, 0.15) is 0 Å². The number of aromatic hydroxyl groups is 1. The first-order valence-corrected chi connectivity index (χ1v) is 6.16. The summed E-state index contributed by atoms with van der Waals surface area (Å²) >= 11 is 3.28. The molecule has 0 aromatic heterocycles. The van der Waals surface area contributed by atoms with Crippen molar-refractivity contribution in [3.05, 3.63) is 22.2 Å². The lowest BCUT2D eigenvalue weighted by molar-refractivity contribution is 0.185. The monoisotopic (exact) mass is 288 g/mol. The fraction of sp³-hybridized carbons (Fsp3) is 0.500. The zero-order valence-electron chi connectivity index (χ0n) is 9.53. The number of halogens is 1. The minimum absolute atomic E-state index is 0.127. The maximum atomic E-state index is 9.71. The van der Waals surface area contributed by atoms with Gasteiger partial charge in [-0.05, 0) is 60.3 Å². The number of rotatable bonds is 5. The smallest absolute Gasteiger partial charge is 0.172 e. The second-order valence-corrected chi connectivity index (χ2v) is 4.60. The molecule has 0 spiro atoms. The van der Waals surface area contributed by atoms with Crippen LogP contribution in [0.25, 0.3) is 0 Å². The first-order chi connectivity index (χ1) is 7.54. The lowest BCUT2D eigenvalue weighted by Gasteiger charge is -2.11. The summed E-state index contributed by atoms with van der Waals surface area (Å²) in [5, 5.41) is 18.9. The van der Waals surface area contributed by atoms with E-state index in [4.69, 9.17) is 4.74 Å². The van der Waals surface area contributed by atoms with Crippen molar-refractivity contribution in [2.45, 2.75) is 32.8 Å². The van der Waals surface area contributed by atoms with E-state index in [0.717, 1.165) is 12.0 Å². The Morgan fingerprint density at radius 2 is 2.12 bits per heavy atom. The van der Waals surface area contributed by atoms with Crippen LogP contribution in [0.3, 0.4) is 0 Å². The number of phenolic OH excluding ortho intramolecular Hbond substituents is 1. The Morgan fingerprint density at radius 3 is 2.69 bits per heavy atom. The molecule has 1 aromatic rings. The molecule has 0 heterocycles. The maximum absolute atomic E-state index is 9.71. The quantitative estimate of drug-likeness (QED) is 0.876. The van der Waals surface area contributed by atoms with E-state index in [0.29, 0.717) is 23.2 Å². The van der Waals surface area contributed by atoms with Gasteiger partial charge in [-0.2, -0.15) is 0 Å². The topological polar surface area (TPSA) is 49.7 Å². The third-order valence-electron chi connectivity index (χ3n) is 2.24. The summed E-state index contributed by atoms with van der Waals surface area (Å²) in [4.78, 5) is 0. The molecule has 0 fully saturated rings. The number of aliphatic hydroxyl groups is 1. The molecule has 1 unspecified atom stereocenters. The molecule has 90 valence electrons. The number of hydrogen-bond acceptors (Lipinski definition) is 3.